The molecule has 130 valence electrons. The second-order valence-corrected chi connectivity index (χ2v) is 7.95. The third kappa shape index (κ3) is 2.47. The summed E-state index contributed by atoms with van der Waals surface area (Å²) in [6.07, 6.45) is 6.01. The van der Waals surface area contributed by atoms with E-state index in [2.05, 4.69) is 47.2 Å². The molecule has 3 aromatic heterocycles. The van der Waals surface area contributed by atoms with Crippen molar-refractivity contribution < 1.29 is 0 Å². The molecule has 1 saturated heterocycles. The summed E-state index contributed by atoms with van der Waals surface area (Å²) in [7, 11) is 2.17. The molecule has 1 aliphatic heterocycles. The quantitative estimate of drug-likeness (QED) is 0.778. The van der Waals surface area contributed by atoms with Gasteiger partial charge in [-0.15, -0.1) is 0 Å². The first-order chi connectivity index (χ1) is 12.2. The van der Waals surface area contributed by atoms with Crippen LogP contribution >= 0.6 is 11.5 Å². The summed E-state index contributed by atoms with van der Waals surface area (Å²) in [4.78, 5) is 21.4. The molecule has 3 aromatic rings. The normalized spacial score (nSPS) is 25.7. The first-order valence-corrected chi connectivity index (χ1v) is 9.52. The van der Waals surface area contributed by atoms with E-state index >= 15 is 0 Å². The van der Waals surface area contributed by atoms with E-state index in [0.29, 0.717) is 6.04 Å². The lowest BCUT2D eigenvalue weighted by Gasteiger charge is -2.27. The van der Waals surface area contributed by atoms with E-state index in [4.69, 9.17) is 0 Å². The number of anilines is 2. The average Bonchev–Trinajstić information content (AvgIpc) is 3.35. The highest BCUT2D eigenvalue weighted by atomic mass is 32.1. The lowest BCUT2D eigenvalue weighted by Crippen LogP contribution is -2.32. The van der Waals surface area contributed by atoms with Gasteiger partial charge in [-0.2, -0.15) is 4.37 Å². The van der Waals surface area contributed by atoms with Crippen LogP contribution in [0, 0.1) is 18.8 Å². The molecule has 0 amide bonds. The van der Waals surface area contributed by atoms with Crippen LogP contribution in [0.25, 0.3) is 11.0 Å². The molecule has 0 bridgehead atoms. The van der Waals surface area contributed by atoms with Crippen LogP contribution in [0.2, 0.25) is 0 Å². The monoisotopic (exact) mass is 355 g/mol. The first-order valence-electron chi connectivity index (χ1n) is 8.75. The van der Waals surface area contributed by atoms with Gasteiger partial charge in [-0.25, -0.2) is 15.0 Å². The Kier molecular flexibility index (Phi) is 3.41. The number of aromatic amines is 1. The maximum atomic E-state index is 4.55. The molecule has 2 unspecified atom stereocenters. The van der Waals surface area contributed by atoms with Gasteiger partial charge in [0.1, 0.15) is 23.6 Å². The number of aryl methyl sites for hydroxylation is 1. The molecule has 1 saturated carbocycles. The third-order valence-electron chi connectivity index (χ3n) is 5.73. The summed E-state index contributed by atoms with van der Waals surface area (Å²) < 4.78 is 4.33. The van der Waals surface area contributed by atoms with Gasteiger partial charge >= 0.3 is 0 Å². The van der Waals surface area contributed by atoms with Crippen LogP contribution in [-0.4, -0.2) is 50.5 Å². The fraction of sp³-hybridized carbons (Fsp3) is 0.529. The lowest BCUT2D eigenvalue weighted by atomic mass is 10.0. The van der Waals surface area contributed by atoms with Gasteiger partial charge in [-0.1, -0.05) is 0 Å². The minimum absolute atomic E-state index is 0.543. The molecule has 3 atom stereocenters. The topological polar surface area (TPSA) is 73.8 Å². The number of hydrogen-bond acceptors (Lipinski definition) is 7. The van der Waals surface area contributed by atoms with E-state index in [9.17, 15) is 0 Å². The number of H-pyrrole nitrogens is 1. The van der Waals surface area contributed by atoms with Crippen LogP contribution in [0.1, 0.15) is 18.7 Å². The molecule has 1 aliphatic carbocycles. The highest BCUT2D eigenvalue weighted by Crippen LogP contribution is 2.42. The van der Waals surface area contributed by atoms with E-state index < -0.39 is 0 Å². The Hall–Kier alpha value is -2.22. The summed E-state index contributed by atoms with van der Waals surface area (Å²) in [5, 5.41) is 2.19. The van der Waals surface area contributed by atoms with Crippen molar-refractivity contribution in [2.45, 2.75) is 25.8 Å². The molecule has 0 radical (unpaired) electrons. The highest BCUT2D eigenvalue weighted by molar-refractivity contribution is 7.09. The molecule has 4 heterocycles. The summed E-state index contributed by atoms with van der Waals surface area (Å²) in [5.41, 5.74) is 0.910. The Morgan fingerprint density at radius 2 is 2.04 bits per heavy atom. The maximum absolute atomic E-state index is 4.55. The van der Waals surface area contributed by atoms with Crippen LogP contribution in [-0.2, 0) is 0 Å². The largest absolute Gasteiger partial charge is 0.356 e. The van der Waals surface area contributed by atoms with Gasteiger partial charge in [-0.05, 0) is 37.7 Å². The highest BCUT2D eigenvalue weighted by Gasteiger charge is 2.43. The Morgan fingerprint density at radius 1 is 1.24 bits per heavy atom. The Balaban J connectivity index is 1.32. The summed E-state index contributed by atoms with van der Waals surface area (Å²) >= 11 is 1.53. The minimum Gasteiger partial charge on any atom is -0.356 e. The van der Waals surface area contributed by atoms with Crippen LogP contribution in [0.5, 0.6) is 0 Å². The van der Waals surface area contributed by atoms with Gasteiger partial charge in [-0.3, -0.25) is 0 Å². The fourth-order valence-electron chi connectivity index (χ4n) is 4.47. The van der Waals surface area contributed by atoms with Crippen LogP contribution in [0.4, 0.5) is 10.9 Å². The van der Waals surface area contributed by atoms with Crippen LogP contribution < -0.4 is 9.80 Å². The van der Waals surface area contributed by atoms with Crippen molar-refractivity contribution in [2.75, 3.05) is 29.9 Å². The van der Waals surface area contributed by atoms with Gasteiger partial charge in [0, 0.05) is 43.9 Å². The second kappa shape index (κ2) is 5.66. The first kappa shape index (κ1) is 15.1. The SMILES string of the molecule is Cc1nsc(N2CC3CC(N(C)c4ncnc5[nH]ccc45)C[C@@H]3C2)n1. The number of aromatic nitrogens is 5. The lowest BCUT2D eigenvalue weighted by molar-refractivity contribution is 0.494. The van der Waals surface area contributed by atoms with Gasteiger partial charge in [0.25, 0.3) is 0 Å². The number of nitrogens with one attached hydrogen (secondary N) is 1. The van der Waals surface area contributed by atoms with Crippen molar-refractivity contribution in [3.8, 4) is 0 Å². The summed E-state index contributed by atoms with van der Waals surface area (Å²) in [5.74, 6) is 3.39. The smallest absolute Gasteiger partial charge is 0.205 e. The second-order valence-electron chi connectivity index (χ2n) is 7.22. The number of hydrogen-bond donors (Lipinski definition) is 1. The summed E-state index contributed by atoms with van der Waals surface area (Å²) in [6, 6.07) is 2.61. The van der Waals surface area contributed by atoms with Crippen LogP contribution in [0.15, 0.2) is 18.6 Å². The molecule has 2 fully saturated rings. The number of nitrogens with zero attached hydrogens (tertiary/aromatic N) is 6. The van der Waals surface area contributed by atoms with Gasteiger partial charge in [0.2, 0.25) is 5.13 Å². The third-order valence-corrected chi connectivity index (χ3v) is 6.60. The van der Waals surface area contributed by atoms with Crippen molar-refractivity contribution >= 4 is 33.5 Å². The zero-order valence-electron chi connectivity index (χ0n) is 14.4. The average molecular weight is 355 g/mol. The molecular formula is C17H21N7S. The number of rotatable bonds is 3. The van der Waals surface area contributed by atoms with Crippen LogP contribution in [0.3, 0.4) is 0 Å². The van der Waals surface area contributed by atoms with Crippen molar-refractivity contribution in [1.29, 1.82) is 0 Å². The summed E-state index contributed by atoms with van der Waals surface area (Å²) in [6.45, 7) is 4.17. The molecule has 2 aliphatic rings. The standard InChI is InChI=1S/C17H21N7S/c1-10-21-17(25-22-10)24-7-11-5-13(6-12(11)8-24)23(2)16-14-3-4-18-15(14)19-9-20-16/h3-4,9,11-13H,5-8H2,1-2H3,(H,18,19,20)/t11-,12?,13?/m1/s1. The minimum atomic E-state index is 0.543. The fourth-order valence-corrected chi connectivity index (χ4v) is 5.16. The molecule has 1 N–H and O–H groups in total. The van der Waals surface area contributed by atoms with E-state index in [-0.39, 0.29) is 0 Å². The molecule has 5 rings (SSSR count). The van der Waals surface area contributed by atoms with E-state index in [1.165, 1.54) is 24.4 Å². The Bertz CT molecular complexity index is 889. The van der Waals surface area contributed by atoms with E-state index in [1.54, 1.807) is 6.33 Å². The number of fused-ring (bicyclic) bond motifs is 2. The van der Waals surface area contributed by atoms with Gasteiger partial charge in [0.15, 0.2) is 0 Å². The molecule has 0 aromatic carbocycles. The van der Waals surface area contributed by atoms with Crippen molar-refractivity contribution in [3.63, 3.8) is 0 Å². The van der Waals surface area contributed by atoms with Gasteiger partial charge < -0.3 is 14.8 Å². The zero-order chi connectivity index (χ0) is 17.0. The van der Waals surface area contributed by atoms with Crippen molar-refractivity contribution in [3.05, 3.63) is 24.4 Å². The van der Waals surface area contributed by atoms with E-state index in [0.717, 1.165) is 52.7 Å². The van der Waals surface area contributed by atoms with Crippen molar-refractivity contribution in [1.82, 2.24) is 24.3 Å². The predicted octanol–water partition coefficient (Wildman–Crippen LogP) is 2.47. The Labute approximate surface area is 150 Å². The van der Waals surface area contributed by atoms with E-state index in [1.807, 2.05) is 13.1 Å². The maximum Gasteiger partial charge on any atom is 0.205 e. The van der Waals surface area contributed by atoms with Crippen molar-refractivity contribution in [2.24, 2.45) is 11.8 Å². The molecule has 0 spiro atoms. The molecule has 8 heteroatoms. The predicted molar refractivity (Wildman–Crippen MR) is 99.2 cm³/mol. The van der Waals surface area contributed by atoms with Gasteiger partial charge in [0.05, 0.1) is 5.39 Å². The molecule has 7 nitrogen and oxygen atoms in total. The molecule has 25 heavy (non-hydrogen) atoms. The zero-order valence-corrected chi connectivity index (χ0v) is 15.2. The molecular weight excluding hydrogens is 334 g/mol. The Morgan fingerprint density at radius 3 is 2.76 bits per heavy atom.